The monoisotopic (exact) mass is 609 g/mol. The van der Waals surface area contributed by atoms with Crippen molar-refractivity contribution in [3.8, 4) is 0 Å². The summed E-state index contributed by atoms with van der Waals surface area (Å²) in [6, 6.07) is 6.48. The van der Waals surface area contributed by atoms with Gasteiger partial charge in [0.15, 0.2) is 0 Å². The van der Waals surface area contributed by atoms with Gasteiger partial charge in [-0.1, -0.05) is 90.2 Å². The molecule has 0 bridgehead atoms. The van der Waals surface area contributed by atoms with E-state index >= 15 is 4.39 Å². The van der Waals surface area contributed by atoms with Crippen LogP contribution in [0.25, 0.3) is 0 Å². The Hall–Kier alpha value is -0.890. The summed E-state index contributed by atoms with van der Waals surface area (Å²) in [4.78, 5) is 0. The molecule has 0 amide bonds. The van der Waals surface area contributed by atoms with Crippen LogP contribution < -0.4 is 0 Å². The van der Waals surface area contributed by atoms with Gasteiger partial charge in [0.2, 0.25) is 0 Å². The highest BCUT2D eigenvalue weighted by Gasteiger charge is 2.34. The van der Waals surface area contributed by atoms with Gasteiger partial charge in [0.1, 0.15) is 5.82 Å². The Morgan fingerprint density at radius 1 is 0.568 bits per heavy atom. The molecule has 4 saturated carbocycles. The van der Waals surface area contributed by atoms with Crippen molar-refractivity contribution in [3.63, 3.8) is 0 Å². The molecular weight excluding hydrogens is 539 g/mol. The fraction of sp³-hybridized carbons (Fsp3) is 0.857. The van der Waals surface area contributed by atoms with Gasteiger partial charge in [0.25, 0.3) is 0 Å². The Morgan fingerprint density at radius 3 is 1.68 bits per heavy atom. The minimum absolute atomic E-state index is 0.0986. The van der Waals surface area contributed by atoms with E-state index in [9.17, 15) is 0 Å². The molecule has 44 heavy (non-hydrogen) atoms. The van der Waals surface area contributed by atoms with E-state index in [0.29, 0.717) is 17.9 Å². The summed E-state index contributed by atoms with van der Waals surface area (Å²) in [5.41, 5.74) is 2.31. The molecule has 1 aromatic rings. The first-order valence-corrected chi connectivity index (χ1v) is 20.0. The van der Waals surface area contributed by atoms with E-state index in [2.05, 4.69) is 26.0 Å². The smallest absolute Gasteiger partial charge is 0.126 e. The van der Waals surface area contributed by atoms with Gasteiger partial charge < -0.3 is 4.74 Å². The number of ether oxygens (including phenoxy) is 1. The summed E-state index contributed by atoms with van der Waals surface area (Å²) >= 11 is 0. The van der Waals surface area contributed by atoms with Crippen molar-refractivity contribution in [3.05, 3.63) is 35.1 Å². The maximum Gasteiger partial charge on any atom is 0.126 e. The Labute approximate surface area is 272 Å². The predicted molar refractivity (Wildman–Crippen MR) is 186 cm³/mol. The first-order chi connectivity index (χ1) is 21.6. The number of benzene rings is 1. The van der Waals surface area contributed by atoms with E-state index in [0.717, 1.165) is 41.8 Å². The highest BCUT2D eigenvalue weighted by Crippen LogP contribution is 2.46. The van der Waals surface area contributed by atoms with Crippen molar-refractivity contribution in [1.82, 2.24) is 0 Å². The van der Waals surface area contributed by atoms with Crippen LogP contribution in [-0.4, -0.2) is 12.7 Å². The van der Waals surface area contributed by atoms with E-state index in [4.69, 9.17) is 4.74 Å². The summed E-state index contributed by atoms with van der Waals surface area (Å²) in [6.45, 7) is 5.50. The zero-order valence-corrected chi connectivity index (χ0v) is 29.0. The molecule has 5 rings (SSSR count). The van der Waals surface area contributed by atoms with Gasteiger partial charge in [-0.05, 0) is 155 Å². The van der Waals surface area contributed by atoms with Crippen molar-refractivity contribution >= 4 is 0 Å². The van der Waals surface area contributed by atoms with Crippen molar-refractivity contribution in [1.29, 1.82) is 0 Å². The molecule has 0 atom stereocenters. The Morgan fingerprint density at radius 2 is 1.09 bits per heavy atom. The lowest BCUT2D eigenvalue weighted by molar-refractivity contribution is 0.00672. The Kier molecular flexibility index (Phi) is 14.4. The second-order valence-electron chi connectivity index (χ2n) is 16.1. The zero-order valence-electron chi connectivity index (χ0n) is 29.0. The normalized spacial score (nSPS) is 33.3. The molecule has 0 radical (unpaired) electrons. The molecule has 0 spiro atoms. The van der Waals surface area contributed by atoms with Gasteiger partial charge in [-0.3, -0.25) is 0 Å². The maximum atomic E-state index is 15.6. The molecule has 0 aromatic heterocycles. The van der Waals surface area contributed by atoms with Gasteiger partial charge in [-0.15, -0.1) is 0 Å². The van der Waals surface area contributed by atoms with Crippen molar-refractivity contribution in [2.24, 2.45) is 29.6 Å². The van der Waals surface area contributed by atoms with E-state index < -0.39 is 0 Å². The van der Waals surface area contributed by atoms with Gasteiger partial charge in [0.05, 0.1) is 6.10 Å². The molecule has 4 fully saturated rings. The molecular formula is C42H69FO. The largest absolute Gasteiger partial charge is 0.378 e. The fourth-order valence-corrected chi connectivity index (χ4v) is 10.2. The molecule has 0 N–H and O–H groups in total. The van der Waals surface area contributed by atoms with Crippen molar-refractivity contribution < 1.29 is 9.13 Å². The average molecular weight is 609 g/mol. The SMILES string of the molecule is CCCCCCCCC1CCC(C2CCC(c3ccc(C4CCC(C5CCC(OCCCC)CC5)CC4)c(F)c3)CC2)CC1. The molecule has 250 valence electrons. The molecule has 0 unspecified atom stereocenters. The second kappa shape index (κ2) is 18.4. The van der Waals surface area contributed by atoms with Crippen LogP contribution in [0.5, 0.6) is 0 Å². The van der Waals surface area contributed by atoms with Gasteiger partial charge in [0, 0.05) is 6.61 Å². The van der Waals surface area contributed by atoms with Gasteiger partial charge in [-0.25, -0.2) is 4.39 Å². The summed E-state index contributed by atoms with van der Waals surface area (Å²) in [5, 5.41) is 0. The Balaban J connectivity index is 0.989. The first-order valence-electron chi connectivity index (χ1n) is 20.0. The fourth-order valence-electron chi connectivity index (χ4n) is 10.2. The van der Waals surface area contributed by atoms with Crippen molar-refractivity contribution in [2.45, 2.75) is 192 Å². The van der Waals surface area contributed by atoms with Crippen LogP contribution >= 0.6 is 0 Å². The number of hydrogen-bond donors (Lipinski definition) is 0. The van der Waals surface area contributed by atoms with E-state index in [1.54, 1.807) is 0 Å². The van der Waals surface area contributed by atoms with E-state index in [1.165, 1.54) is 166 Å². The number of halogens is 1. The lowest BCUT2D eigenvalue weighted by atomic mass is 9.67. The second-order valence-corrected chi connectivity index (χ2v) is 16.1. The third-order valence-corrected chi connectivity index (χ3v) is 13.2. The summed E-state index contributed by atoms with van der Waals surface area (Å²) in [5.74, 6) is 5.77. The standard InChI is InChI=1S/C42H69FO/c1-3-5-7-8-9-10-11-32-12-14-33(15-13-32)34-16-18-37(19-17-34)39-26-29-41(42(43)31-39)38-22-20-35(21-23-38)36-24-27-40(28-25-36)44-30-6-4-2/h26,29,31-38,40H,3-25,27-28,30H2,1-2H3. The van der Waals surface area contributed by atoms with Gasteiger partial charge >= 0.3 is 0 Å². The minimum atomic E-state index is 0.0986. The molecule has 0 aliphatic heterocycles. The molecule has 1 nitrogen and oxygen atoms in total. The molecule has 4 aliphatic rings. The molecule has 4 aliphatic carbocycles. The summed E-state index contributed by atoms with van der Waals surface area (Å²) in [6.07, 6.45) is 34.4. The first kappa shape index (κ1) is 34.4. The topological polar surface area (TPSA) is 9.23 Å². The van der Waals surface area contributed by atoms with Crippen LogP contribution in [0.1, 0.15) is 197 Å². The molecule has 0 heterocycles. The average Bonchev–Trinajstić information content (AvgIpc) is 3.07. The molecule has 0 saturated heterocycles. The van der Waals surface area contributed by atoms with E-state index in [-0.39, 0.29) is 5.82 Å². The molecule has 2 heteroatoms. The maximum absolute atomic E-state index is 15.6. The summed E-state index contributed by atoms with van der Waals surface area (Å²) in [7, 11) is 0. The number of hydrogen-bond acceptors (Lipinski definition) is 1. The van der Waals surface area contributed by atoms with Crippen LogP contribution in [0, 0.1) is 35.4 Å². The lowest BCUT2D eigenvalue weighted by Crippen LogP contribution is -2.28. The highest BCUT2D eigenvalue weighted by atomic mass is 19.1. The zero-order chi connectivity index (χ0) is 30.6. The van der Waals surface area contributed by atoms with Crippen LogP contribution in [0.4, 0.5) is 4.39 Å². The highest BCUT2D eigenvalue weighted by molar-refractivity contribution is 5.30. The van der Waals surface area contributed by atoms with E-state index in [1.807, 2.05) is 6.07 Å². The van der Waals surface area contributed by atoms with Gasteiger partial charge in [-0.2, -0.15) is 0 Å². The van der Waals surface area contributed by atoms with Crippen molar-refractivity contribution in [2.75, 3.05) is 6.61 Å². The van der Waals surface area contributed by atoms with Crippen LogP contribution in [0.3, 0.4) is 0 Å². The number of unbranched alkanes of at least 4 members (excludes halogenated alkanes) is 6. The lowest BCUT2D eigenvalue weighted by Gasteiger charge is -2.38. The quantitative estimate of drug-likeness (QED) is 0.180. The van der Waals surface area contributed by atoms with Crippen LogP contribution in [-0.2, 0) is 4.74 Å². The minimum Gasteiger partial charge on any atom is -0.378 e. The van der Waals surface area contributed by atoms with Crippen LogP contribution in [0.2, 0.25) is 0 Å². The third-order valence-electron chi connectivity index (χ3n) is 13.2. The third kappa shape index (κ3) is 10.1. The predicted octanol–water partition coefficient (Wildman–Crippen LogP) is 13.3. The Bertz CT molecular complexity index is 910. The van der Waals surface area contributed by atoms with Crippen LogP contribution in [0.15, 0.2) is 18.2 Å². The molecule has 1 aromatic carbocycles. The summed E-state index contributed by atoms with van der Waals surface area (Å²) < 4.78 is 21.7. The number of rotatable bonds is 15.